The van der Waals surface area contributed by atoms with E-state index in [1.165, 1.54) is 0 Å². The molecule has 0 bridgehead atoms. The average molecular weight is 267 g/mol. The van der Waals surface area contributed by atoms with E-state index < -0.39 is 21.1 Å². The summed E-state index contributed by atoms with van der Waals surface area (Å²) < 4.78 is 19.7. The first-order valence-corrected chi connectivity index (χ1v) is 5.39. The van der Waals surface area contributed by atoms with Crippen LogP contribution in [0.2, 0.25) is 0 Å². The van der Waals surface area contributed by atoms with E-state index >= 15 is 0 Å². The molecule has 0 fully saturated rings. The van der Waals surface area contributed by atoms with Gasteiger partial charge in [0, 0.05) is 26.2 Å². The summed E-state index contributed by atoms with van der Waals surface area (Å²) in [6.07, 6.45) is 0. The molecule has 0 aliphatic heterocycles. The molecule has 60 valence electrons. The summed E-state index contributed by atoms with van der Waals surface area (Å²) in [6, 6.07) is 0. The van der Waals surface area contributed by atoms with E-state index in [1.807, 2.05) is 0 Å². The van der Waals surface area contributed by atoms with Crippen LogP contribution in [0.3, 0.4) is 0 Å². The van der Waals surface area contributed by atoms with Gasteiger partial charge in [-0.1, -0.05) is 0 Å². The Bertz CT molecular complexity index is 156. The zero-order valence-corrected chi connectivity index (χ0v) is 8.95. The van der Waals surface area contributed by atoms with Crippen LogP contribution in [-0.2, 0) is 35.3 Å². The quantitative estimate of drug-likeness (QED) is 0.492. The van der Waals surface area contributed by atoms with Gasteiger partial charge in [0.25, 0.3) is 0 Å². The topological polar surface area (TPSA) is 115 Å². The van der Waals surface area contributed by atoms with E-state index in [0.29, 0.717) is 0 Å². The predicted octanol–water partition coefficient (Wildman–Crippen LogP) is -0.703. The van der Waals surface area contributed by atoms with Gasteiger partial charge in [-0.25, -0.2) is 0 Å². The Morgan fingerprint density at radius 3 is 1.10 bits per heavy atom. The molecule has 0 radical (unpaired) electrons. The molecule has 0 heterocycles. The van der Waals surface area contributed by atoms with Crippen LogP contribution in [0.5, 0.6) is 0 Å². The second-order valence-electron chi connectivity index (χ2n) is 1.47. The SMILES string of the molecule is O=P(O)(O)CP(=O)(O)O.[Zr]. The van der Waals surface area contributed by atoms with E-state index in [9.17, 15) is 9.13 Å². The van der Waals surface area contributed by atoms with Crippen LogP contribution in [0.15, 0.2) is 0 Å². The number of rotatable bonds is 2. The normalized spacial score (nSPS) is 12.4. The van der Waals surface area contributed by atoms with E-state index in [1.54, 1.807) is 0 Å². The van der Waals surface area contributed by atoms with Crippen LogP contribution >= 0.6 is 15.2 Å². The summed E-state index contributed by atoms with van der Waals surface area (Å²) in [4.78, 5) is 31.9. The Balaban J connectivity index is 0. The van der Waals surface area contributed by atoms with Crippen molar-refractivity contribution in [2.24, 2.45) is 0 Å². The van der Waals surface area contributed by atoms with Gasteiger partial charge in [0.1, 0.15) is 0 Å². The van der Waals surface area contributed by atoms with Crippen LogP contribution in [-0.4, -0.2) is 25.5 Å². The molecule has 0 aliphatic carbocycles. The van der Waals surface area contributed by atoms with Crippen LogP contribution in [0, 0.1) is 0 Å². The van der Waals surface area contributed by atoms with Crippen molar-refractivity contribution in [1.29, 1.82) is 0 Å². The second kappa shape index (κ2) is 4.27. The Morgan fingerprint density at radius 2 is 1.10 bits per heavy atom. The third-order valence-corrected chi connectivity index (χ3v) is 3.32. The fraction of sp³-hybridized carbons (Fsp3) is 1.00. The monoisotopic (exact) mass is 266 g/mol. The molecule has 0 aromatic rings. The van der Waals surface area contributed by atoms with Crippen molar-refractivity contribution in [1.82, 2.24) is 0 Å². The molecular formula is CH6O6P2Zr. The van der Waals surface area contributed by atoms with Gasteiger partial charge in [0.05, 0.1) is 0 Å². The molecule has 0 rings (SSSR count). The zero-order chi connectivity index (χ0) is 7.71. The van der Waals surface area contributed by atoms with Crippen molar-refractivity contribution in [3.8, 4) is 0 Å². The fourth-order valence-corrected chi connectivity index (χ4v) is 2.16. The summed E-state index contributed by atoms with van der Waals surface area (Å²) in [5.41, 5.74) is 0. The Hall–Kier alpha value is 1.18. The minimum absolute atomic E-state index is 0. The molecule has 6 nitrogen and oxygen atoms in total. The van der Waals surface area contributed by atoms with E-state index in [0.717, 1.165) is 0 Å². The van der Waals surface area contributed by atoms with Crippen molar-refractivity contribution in [2.45, 2.75) is 0 Å². The molecule has 0 atom stereocenters. The van der Waals surface area contributed by atoms with Gasteiger partial charge in [-0.2, -0.15) is 0 Å². The molecule has 0 amide bonds. The van der Waals surface area contributed by atoms with Crippen LogP contribution in [0.1, 0.15) is 0 Å². The van der Waals surface area contributed by atoms with E-state index in [-0.39, 0.29) is 26.2 Å². The van der Waals surface area contributed by atoms with Gasteiger partial charge >= 0.3 is 15.2 Å². The average Bonchev–Trinajstić information content (AvgIpc) is 1.14. The summed E-state index contributed by atoms with van der Waals surface area (Å²) >= 11 is 0. The van der Waals surface area contributed by atoms with Crippen molar-refractivity contribution in [2.75, 3.05) is 5.90 Å². The second-order valence-corrected chi connectivity index (χ2v) is 5.26. The van der Waals surface area contributed by atoms with Gasteiger partial charge in [-0.15, -0.1) is 0 Å². The van der Waals surface area contributed by atoms with Crippen molar-refractivity contribution in [3.05, 3.63) is 0 Å². The van der Waals surface area contributed by atoms with Crippen LogP contribution in [0.25, 0.3) is 0 Å². The Labute approximate surface area is 76.1 Å². The molecule has 9 heteroatoms. The van der Waals surface area contributed by atoms with Crippen LogP contribution < -0.4 is 0 Å². The van der Waals surface area contributed by atoms with E-state index in [2.05, 4.69) is 0 Å². The first-order chi connectivity index (χ1) is 3.71. The van der Waals surface area contributed by atoms with E-state index in [4.69, 9.17) is 19.6 Å². The summed E-state index contributed by atoms with van der Waals surface area (Å²) in [5, 5.41) is 0. The standard InChI is InChI=1S/CH6O6P2.Zr/c2-8(3,4)1-9(5,6)7;/h1H2,(H2,2,3,4)(H2,5,6,7);. The van der Waals surface area contributed by atoms with Gasteiger partial charge in [-0.05, 0) is 0 Å². The smallest absolute Gasteiger partial charge is 0.324 e. The van der Waals surface area contributed by atoms with Gasteiger partial charge in [0.15, 0.2) is 5.90 Å². The molecule has 0 saturated heterocycles. The minimum atomic E-state index is -4.55. The largest absolute Gasteiger partial charge is 0.337 e. The van der Waals surface area contributed by atoms with Gasteiger partial charge < -0.3 is 19.6 Å². The summed E-state index contributed by atoms with van der Waals surface area (Å²) in [5.74, 6) is -1.38. The maximum atomic E-state index is 9.85. The number of hydrogen-bond acceptors (Lipinski definition) is 2. The zero-order valence-electron chi connectivity index (χ0n) is 4.71. The number of hydrogen-bond donors (Lipinski definition) is 4. The molecule has 0 aromatic carbocycles. The first kappa shape index (κ1) is 13.8. The molecule has 0 unspecified atom stereocenters. The molecule has 0 aromatic heterocycles. The minimum Gasteiger partial charge on any atom is -0.324 e. The molecule has 4 N–H and O–H groups in total. The molecule has 0 aliphatic rings. The van der Waals surface area contributed by atoms with Crippen LogP contribution in [0.4, 0.5) is 0 Å². The Morgan fingerprint density at radius 1 is 0.900 bits per heavy atom. The van der Waals surface area contributed by atoms with Crippen molar-refractivity contribution < 1.29 is 54.9 Å². The fourth-order valence-electron chi connectivity index (χ4n) is 0.240. The first-order valence-electron chi connectivity index (χ1n) is 1.80. The molecule has 0 spiro atoms. The predicted molar refractivity (Wildman–Crippen MR) is 29.0 cm³/mol. The van der Waals surface area contributed by atoms with Crippen molar-refractivity contribution >= 4 is 15.2 Å². The summed E-state index contributed by atoms with van der Waals surface area (Å²) in [6.45, 7) is 0. The van der Waals surface area contributed by atoms with Gasteiger partial charge in [-0.3, -0.25) is 9.13 Å². The maximum Gasteiger partial charge on any atom is 0.337 e. The van der Waals surface area contributed by atoms with Gasteiger partial charge in [0.2, 0.25) is 0 Å². The third-order valence-electron chi connectivity index (χ3n) is 0.368. The summed E-state index contributed by atoms with van der Waals surface area (Å²) in [7, 11) is -9.10. The maximum absolute atomic E-state index is 9.85. The molecule has 0 saturated carbocycles. The molecule has 10 heavy (non-hydrogen) atoms. The Kier molecular flexibility index (Phi) is 5.87. The van der Waals surface area contributed by atoms with Crippen molar-refractivity contribution in [3.63, 3.8) is 0 Å². The third kappa shape index (κ3) is 11.9. The molecular weight excluding hydrogens is 261 g/mol.